The fourth-order valence-electron chi connectivity index (χ4n) is 4.31. The number of anilines is 2. The second-order valence-corrected chi connectivity index (χ2v) is 9.80. The lowest BCUT2D eigenvalue weighted by atomic mass is 10.1. The number of aryl methyl sites for hydroxylation is 2. The quantitative estimate of drug-likeness (QED) is 0.398. The van der Waals surface area contributed by atoms with E-state index in [2.05, 4.69) is 20.4 Å². The van der Waals surface area contributed by atoms with Crippen LogP contribution in [0.5, 0.6) is 0 Å². The second kappa shape index (κ2) is 9.90. The van der Waals surface area contributed by atoms with Gasteiger partial charge in [0, 0.05) is 36.5 Å². The Morgan fingerprint density at radius 1 is 1.19 bits per heavy atom. The van der Waals surface area contributed by atoms with Crippen molar-refractivity contribution in [3.8, 4) is 16.5 Å². The molecule has 1 aromatic carbocycles. The fourth-order valence-corrected chi connectivity index (χ4v) is 4.99. The molecule has 1 saturated heterocycles. The first-order valence-electron chi connectivity index (χ1n) is 11.8. The summed E-state index contributed by atoms with van der Waals surface area (Å²) in [5, 5.41) is 9.51. The SMILES string of the molecule is CCCc1cc(=O)[nH]c(-n2nc(-c3cccs3)cc2NC(=O)C2CC(=O)N(c3cccc(C)c3)C2)n1. The van der Waals surface area contributed by atoms with Crippen molar-refractivity contribution >= 4 is 34.7 Å². The van der Waals surface area contributed by atoms with Gasteiger partial charge in [0.15, 0.2) is 0 Å². The lowest BCUT2D eigenvalue weighted by Crippen LogP contribution is -2.29. The average molecular weight is 503 g/mol. The molecule has 2 amide bonds. The van der Waals surface area contributed by atoms with E-state index in [0.29, 0.717) is 30.2 Å². The molecule has 0 saturated carbocycles. The predicted octanol–water partition coefficient (Wildman–Crippen LogP) is 3.94. The molecule has 5 rings (SSSR count). The first-order valence-corrected chi connectivity index (χ1v) is 12.7. The zero-order chi connectivity index (χ0) is 25.2. The Morgan fingerprint density at radius 2 is 2.06 bits per heavy atom. The smallest absolute Gasteiger partial charge is 0.252 e. The summed E-state index contributed by atoms with van der Waals surface area (Å²) >= 11 is 1.52. The van der Waals surface area contributed by atoms with Gasteiger partial charge in [0.2, 0.25) is 17.8 Å². The molecule has 9 nitrogen and oxygen atoms in total. The van der Waals surface area contributed by atoms with Gasteiger partial charge in [-0.25, -0.2) is 4.98 Å². The third-order valence-corrected chi connectivity index (χ3v) is 6.92. The molecule has 10 heteroatoms. The lowest BCUT2D eigenvalue weighted by molar-refractivity contribution is -0.122. The van der Waals surface area contributed by atoms with Gasteiger partial charge in [0.1, 0.15) is 11.5 Å². The molecule has 184 valence electrons. The summed E-state index contributed by atoms with van der Waals surface area (Å²) in [7, 11) is 0. The van der Waals surface area contributed by atoms with Crippen LogP contribution < -0.4 is 15.8 Å². The number of benzene rings is 1. The third-order valence-electron chi connectivity index (χ3n) is 6.03. The van der Waals surface area contributed by atoms with Gasteiger partial charge in [-0.2, -0.15) is 9.78 Å². The minimum Gasteiger partial charge on any atom is -0.312 e. The van der Waals surface area contributed by atoms with E-state index in [0.717, 1.165) is 22.5 Å². The zero-order valence-corrected chi connectivity index (χ0v) is 20.8. The highest BCUT2D eigenvalue weighted by molar-refractivity contribution is 7.13. The number of rotatable bonds is 7. The van der Waals surface area contributed by atoms with Gasteiger partial charge in [-0.1, -0.05) is 31.5 Å². The Morgan fingerprint density at radius 3 is 2.81 bits per heavy atom. The van der Waals surface area contributed by atoms with Crippen LogP contribution in [0, 0.1) is 12.8 Å². The number of carbonyl (C=O) groups excluding carboxylic acids is 2. The highest BCUT2D eigenvalue weighted by Crippen LogP contribution is 2.30. The van der Waals surface area contributed by atoms with Crippen LogP contribution in [0.1, 0.15) is 31.0 Å². The molecule has 1 aliphatic rings. The van der Waals surface area contributed by atoms with E-state index < -0.39 is 5.92 Å². The van der Waals surface area contributed by atoms with E-state index in [9.17, 15) is 14.4 Å². The molecular weight excluding hydrogens is 476 g/mol. The maximum Gasteiger partial charge on any atom is 0.252 e. The predicted molar refractivity (Wildman–Crippen MR) is 140 cm³/mol. The van der Waals surface area contributed by atoms with Crippen molar-refractivity contribution in [2.45, 2.75) is 33.1 Å². The average Bonchev–Trinajstić information content (AvgIpc) is 3.59. The topological polar surface area (TPSA) is 113 Å². The number of hydrogen-bond acceptors (Lipinski definition) is 6. The summed E-state index contributed by atoms with van der Waals surface area (Å²) in [5.74, 6) is -0.296. The van der Waals surface area contributed by atoms with Crippen LogP contribution in [0.4, 0.5) is 11.5 Å². The summed E-state index contributed by atoms with van der Waals surface area (Å²) in [6.45, 7) is 4.27. The van der Waals surface area contributed by atoms with Crippen molar-refractivity contribution in [2.75, 3.05) is 16.8 Å². The van der Waals surface area contributed by atoms with Crippen LogP contribution >= 0.6 is 11.3 Å². The summed E-state index contributed by atoms with van der Waals surface area (Å²) in [6.07, 6.45) is 1.61. The zero-order valence-electron chi connectivity index (χ0n) is 20.0. The highest BCUT2D eigenvalue weighted by atomic mass is 32.1. The van der Waals surface area contributed by atoms with Crippen LogP contribution in [0.2, 0.25) is 0 Å². The normalized spacial score (nSPS) is 15.4. The number of nitrogens with one attached hydrogen (secondary N) is 2. The van der Waals surface area contributed by atoms with E-state index in [-0.39, 0.29) is 29.7 Å². The number of H-pyrrole nitrogens is 1. The second-order valence-electron chi connectivity index (χ2n) is 8.85. The van der Waals surface area contributed by atoms with E-state index >= 15 is 0 Å². The number of nitrogens with zero attached hydrogens (tertiary/aromatic N) is 4. The molecule has 1 fully saturated rings. The van der Waals surface area contributed by atoms with Crippen molar-refractivity contribution in [1.82, 2.24) is 19.7 Å². The largest absolute Gasteiger partial charge is 0.312 e. The Hall–Kier alpha value is -4.05. The van der Waals surface area contributed by atoms with Gasteiger partial charge < -0.3 is 10.2 Å². The molecule has 3 aromatic heterocycles. The van der Waals surface area contributed by atoms with Crippen LogP contribution in [-0.2, 0) is 16.0 Å². The third kappa shape index (κ3) is 4.85. The van der Waals surface area contributed by atoms with Crippen LogP contribution in [0.3, 0.4) is 0 Å². The van der Waals surface area contributed by atoms with Gasteiger partial charge in [0.25, 0.3) is 5.56 Å². The maximum absolute atomic E-state index is 13.3. The molecule has 1 aliphatic heterocycles. The Kier molecular flexibility index (Phi) is 6.51. The monoisotopic (exact) mass is 502 g/mol. The van der Waals surface area contributed by atoms with Gasteiger partial charge in [-0.15, -0.1) is 11.3 Å². The minimum absolute atomic E-state index is 0.0909. The first-order chi connectivity index (χ1) is 17.4. The Labute approximate surface area is 211 Å². The van der Waals surface area contributed by atoms with Crippen LogP contribution in [0.25, 0.3) is 16.5 Å². The van der Waals surface area contributed by atoms with E-state index in [1.807, 2.05) is 55.6 Å². The summed E-state index contributed by atoms with van der Waals surface area (Å²) in [5.41, 5.74) is 2.84. The Bertz CT molecular complexity index is 1470. The van der Waals surface area contributed by atoms with Crippen molar-refractivity contribution in [2.24, 2.45) is 5.92 Å². The van der Waals surface area contributed by atoms with Gasteiger partial charge in [0.05, 0.1) is 10.8 Å². The molecule has 0 spiro atoms. The molecule has 1 atom stereocenters. The minimum atomic E-state index is -0.523. The summed E-state index contributed by atoms with van der Waals surface area (Å²) < 4.78 is 1.45. The number of hydrogen-bond donors (Lipinski definition) is 2. The van der Waals surface area contributed by atoms with Crippen LogP contribution in [-0.4, -0.2) is 38.1 Å². The molecule has 2 N–H and O–H groups in total. The molecule has 0 aliphatic carbocycles. The molecule has 36 heavy (non-hydrogen) atoms. The molecular formula is C26H26N6O3S. The highest BCUT2D eigenvalue weighted by Gasteiger charge is 2.35. The molecule has 0 bridgehead atoms. The van der Waals surface area contributed by atoms with Crippen molar-refractivity contribution in [1.29, 1.82) is 0 Å². The molecule has 4 aromatic rings. The number of aromatic nitrogens is 4. The maximum atomic E-state index is 13.3. The molecule has 1 unspecified atom stereocenters. The van der Waals surface area contributed by atoms with E-state index in [4.69, 9.17) is 0 Å². The first kappa shape index (κ1) is 23.7. The van der Waals surface area contributed by atoms with Gasteiger partial charge >= 0.3 is 0 Å². The number of thiophene rings is 1. The van der Waals surface area contributed by atoms with Crippen molar-refractivity contribution in [3.63, 3.8) is 0 Å². The number of aromatic amines is 1. The lowest BCUT2D eigenvalue weighted by Gasteiger charge is -2.17. The van der Waals surface area contributed by atoms with E-state index in [1.165, 1.54) is 22.1 Å². The molecule has 4 heterocycles. The van der Waals surface area contributed by atoms with E-state index in [1.54, 1.807) is 11.0 Å². The summed E-state index contributed by atoms with van der Waals surface area (Å²) in [6, 6.07) is 14.8. The molecule has 0 radical (unpaired) electrons. The standard InChI is InChI=1S/C26H26N6O3S/c1-3-6-18-13-23(33)29-26(27-18)32-22(14-20(30-32)21-9-5-10-36-21)28-25(35)17-12-24(34)31(15-17)19-8-4-7-16(2)11-19/h4-5,7-11,13-14,17H,3,6,12,15H2,1-2H3,(H,28,35)(H,27,29,33). The van der Waals surface area contributed by atoms with Crippen molar-refractivity contribution in [3.05, 3.63) is 75.5 Å². The van der Waals surface area contributed by atoms with Gasteiger partial charge in [-0.05, 0) is 42.5 Å². The number of carbonyl (C=O) groups is 2. The van der Waals surface area contributed by atoms with Crippen molar-refractivity contribution < 1.29 is 9.59 Å². The van der Waals surface area contributed by atoms with Gasteiger partial charge in [-0.3, -0.25) is 19.4 Å². The summed E-state index contributed by atoms with van der Waals surface area (Å²) in [4.78, 5) is 48.2. The van der Waals surface area contributed by atoms with Crippen LogP contribution in [0.15, 0.2) is 58.7 Å². The fraction of sp³-hybridized carbons (Fsp3) is 0.269. The number of amides is 2. The Balaban J connectivity index is 1.44.